The van der Waals surface area contributed by atoms with Gasteiger partial charge in [-0.25, -0.2) is 0 Å². The van der Waals surface area contributed by atoms with Gasteiger partial charge in [-0.15, -0.1) is 24.0 Å². The van der Waals surface area contributed by atoms with Gasteiger partial charge in [0.1, 0.15) is 0 Å². The summed E-state index contributed by atoms with van der Waals surface area (Å²) in [5.74, 6) is 1.81. The van der Waals surface area contributed by atoms with E-state index in [1.54, 1.807) is 11.3 Å². The Bertz CT molecular complexity index is 421. The second-order valence-electron chi connectivity index (χ2n) is 5.56. The standard InChI is InChI=1S/C16H27N3OS.HI/c1-3-17-16(18-8-6-15-7-11-21-13-15)19(2)9-10-20-12-14-4-5-14;/h7,11,13-14H,3-6,8-10,12H2,1-2H3,(H,17,18);1H. The van der Waals surface area contributed by atoms with E-state index in [1.807, 2.05) is 0 Å². The molecule has 0 radical (unpaired) electrons. The smallest absolute Gasteiger partial charge is 0.193 e. The average molecular weight is 437 g/mol. The van der Waals surface area contributed by atoms with Crippen molar-refractivity contribution >= 4 is 41.3 Å². The van der Waals surface area contributed by atoms with Gasteiger partial charge < -0.3 is 15.0 Å². The van der Waals surface area contributed by atoms with E-state index in [4.69, 9.17) is 9.73 Å². The first kappa shape index (κ1) is 19.7. The molecule has 1 saturated carbocycles. The molecule has 0 saturated heterocycles. The predicted octanol–water partition coefficient (Wildman–Crippen LogP) is 3.23. The Morgan fingerprint density at radius 1 is 1.50 bits per heavy atom. The fourth-order valence-electron chi connectivity index (χ4n) is 2.04. The molecule has 6 heteroatoms. The Morgan fingerprint density at radius 3 is 2.95 bits per heavy atom. The lowest BCUT2D eigenvalue weighted by molar-refractivity contribution is 0.115. The van der Waals surface area contributed by atoms with Crippen molar-refractivity contribution < 1.29 is 4.74 Å². The lowest BCUT2D eigenvalue weighted by Gasteiger charge is -2.22. The summed E-state index contributed by atoms with van der Waals surface area (Å²) in [6.45, 7) is 6.42. The highest BCUT2D eigenvalue weighted by Crippen LogP contribution is 2.28. The van der Waals surface area contributed by atoms with Crippen LogP contribution in [0.1, 0.15) is 25.3 Å². The molecular formula is C16H28IN3OS. The number of guanidine groups is 1. The van der Waals surface area contributed by atoms with Crippen LogP contribution in [-0.2, 0) is 11.2 Å². The molecule has 4 nitrogen and oxygen atoms in total. The molecule has 1 aliphatic rings. The zero-order valence-corrected chi connectivity index (χ0v) is 16.7. The van der Waals surface area contributed by atoms with Gasteiger partial charge in [0.2, 0.25) is 0 Å². The van der Waals surface area contributed by atoms with Crippen LogP contribution in [0.25, 0.3) is 0 Å². The molecule has 1 aliphatic carbocycles. The van der Waals surface area contributed by atoms with Gasteiger partial charge in [-0.05, 0) is 54.5 Å². The lowest BCUT2D eigenvalue weighted by atomic mass is 10.2. The Morgan fingerprint density at radius 2 is 2.32 bits per heavy atom. The van der Waals surface area contributed by atoms with Gasteiger partial charge in [-0.1, -0.05) is 0 Å². The summed E-state index contributed by atoms with van der Waals surface area (Å²) < 4.78 is 5.70. The first-order chi connectivity index (χ1) is 10.3. The minimum absolute atomic E-state index is 0. The van der Waals surface area contributed by atoms with Crippen molar-refractivity contribution in [1.29, 1.82) is 0 Å². The van der Waals surface area contributed by atoms with E-state index in [0.717, 1.165) is 51.1 Å². The summed E-state index contributed by atoms with van der Waals surface area (Å²) in [6.07, 6.45) is 3.70. The third-order valence-electron chi connectivity index (χ3n) is 3.56. The molecule has 0 spiro atoms. The van der Waals surface area contributed by atoms with Crippen molar-refractivity contribution in [1.82, 2.24) is 10.2 Å². The number of aliphatic imine (C=N–C) groups is 1. The van der Waals surface area contributed by atoms with Gasteiger partial charge in [0.15, 0.2) is 5.96 Å². The minimum Gasteiger partial charge on any atom is -0.379 e. The number of halogens is 1. The molecule has 2 rings (SSSR count). The highest BCUT2D eigenvalue weighted by Gasteiger charge is 2.21. The van der Waals surface area contributed by atoms with E-state index in [1.165, 1.54) is 18.4 Å². The zero-order valence-electron chi connectivity index (χ0n) is 13.6. The molecule has 0 aromatic carbocycles. The van der Waals surface area contributed by atoms with E-state index in [2.05, 4.69) is 41.0 Å². The van der Waals surface area contributed by atoms with Gasteiger partial charge in [0.05, 0.1) is 6.61 Å². The topological polar surface area (TPSA) is 36.9 Å². The van der Waals surface area contributed by atoms with Crippen LogP contribution in [0.3, 0.4) is 0 Å². The number of nitrogens with one attached hydrogen (secondary N) is 1. The van der Waals surface area contributed by atoms with E-state index < -0.39 is 0 Å². The van der Waals surface area contributed by atoms with Crippen LogP contribution >= 0.6 is 35.3 Å². The molecular weight excluding hydrogens is 409 g/mol. The third-order valence-corrected chi connectivity index (χ3v) is 4.29. The van der Waals surface area contributed by atoms with E-state index in [0.29, 0.717) is 0 Å². The molecule has 1 aromatic heterocycles. The maximum absolute atomic E-state index is 5.70. The van der Waals surface area contributed by atoms with Crippen LogP contribution in [0.2, 0.25) is 0 Å². The molecule has 0 atom stereocenters. The van der Waals surface area contributed by atoms with Gasteiger partial charge in [0, 0.05) is 33.3 Å². The van der Waals surface area contributed by atoms with Crippen LogP contribution in [0, 0.1) is 5.92 Å². The predicted molar refractivity (Wildman–Crippen MR) is 106 cm³/mol. The number of rotatable bonds is 9. The number of ether oxygens (including phenoxy) is 1. The largest absolute Gasteiger partial charge is 0.379 e. The molecule has 1 aromatic rings. The quantitative estimate of drug-likeness (QED) is 0.279. The van der Waals surface area contributed by atoms with Crippen molar-refractivity contribution in [3.63, 3.8) is 0 Å². The van der Waals surface area contributed by atoms with Crippen molar-refractivity contribution in [3.8, 4) is 0 Å². The SMILES string of the molecule is CCNC(=NCCc1ccsc1)N(C)CCOCC1CC1.I. The molecule has 1 N–H and O–H groups in total. The second-order valence-corrected chi connectivity index (χ2v) is 6.34. The molecule has 126 valence electrons. The summed E-state index contributed by atoms with van der Waals surface area (Å²) in [6, 6.07) is 2.17. The molecule has 1 heterocycles. The Labute approximate surface area is 155 Å². The Hall–Kier alpha value is -0.340. The van der Waals surface area contributed by atoms with Crippen molar-refractivity contribution in [2.45, 2.75) is 26.2 Å². The van der Waals surface area contributed by atoms with Crippen molar-refractivity contribution in [2.24, 2.45) is 10.9 Å². The Kier molecular flexibility index (Phi) is 10.1. The molecule has 1 fully saturated rings. The van der Waals surface area contributed by atoms with Gasteiger partial charge in [-0.3, -0.25) is 4.99 Å². The molecule has 0 bridgehead atoms. The maximum Gasteiger partial charge on any atom is 0.193 e. The Balaban J connectivity index is 0.00000242. The summed E-state index contributed by atoms with van der Waals surface area (Å²) in [5, 5.41) is 7.66. The fraction of sp³-hybridized carbons (Fsp3) is 0.688. The molecule has 22 heavy (non-hydrogen) atoms. The second kappa shape index (κ2) is 11.2. The van der Waals surface area contributed by atoms with Gasteiger partial charge in [-0.2, -0.15) is 11.3 Å². The highest BCUT2D eigenvalue weighted by molar-refractivity contribution is 14.0. The summed E-state index contributed by atoms with van der Waals surface area (Å²) in [5.41, 5.74) is 1.37. The zero-order chi connectivity index (χ0) is 14.9. The monoisotopic (exact) mass is 437 g/mol. The summed E-state index contributed by atoms with van der Waals surface area (Å²) in [7, 11) is 2.08. The van der Waals surface area contributed by atoms with Gasteiger partial charge in [0.25, 0.3) is 0 Å². The van der Waals surface area contributed by atoms with Crippen molar-refractivity contribution in [3.05, 3.63) is 22.4 Å². The molecule has 0 unspecified atom stereocenters. The average Bonchev–Trinajstić information content (AvgIpc) is 3.17. The minimum atomic E-state index is 0. The fourth-order valence-corrected chi connectivity index (χ4v) is 2.74. The number of likely N-dealkylation sites (N-methyl/N-ethyl adjacent to an activating group) is 1. The molecule has 0 amide bonds. The van der Waals surface area contributed by atoms with Crippen LogP contribution in [0.5, 0.6) is 0 Å². The first-order valence-electron chi connectivity index (χ1n) is 7.88. The first-order valence-corrected chi connectivity index (χ1v) is 8.82. The number of hydrogen-bond acceptors (Lipinski definition) is 3. The van der Waals surface area contributed by atoms with Crippen LogP contribution < -0.4 is 5.32 Å². The van der Waals surface area contributed by atoms with E-state index >= 15 is 0 Å². The van der Waals surface area contributed by atoms with E-state index in [9.17, 15) is 0 Å². The number of nitrogens with zero attached hydrogens (tertiary/aromatic N) is 2. The normalized spacial score (nSPS) is 14.5. The summed E-state index contributed by atoms with van der Waals surface area (Å²) >= 11 is 1.74. The van der Waals surface area contributed by atoms with Gasteiger partial charge >= 0.3 is 0 Å². The van der Waals surface area contributed by atoms with Crippen LogP contribution in [0.15, 0.2) is 21.8 Å². The number of thiophene rings is 1. The van der Waals surface area contributed by atoms with Crippen LogP contribution in [-0.4, -0.2) is 50.8 Å². The summed E-state index contributed by atoms with van der Waals surface area (Å²) in [4.78, 5) is 6.85. The van der Waals surface area contributed by atoms with Crippen molar-refractivity contribution in [2.75, 3.05) is 39.9 Å². The van der Waals surface area contributed by atoms with E-state index in [-0.39, 0.29) is 24.0 Å². The van der Waals surface area contributed by atoms with Crippen LogP contribution in [0.4, 0.5) is 0 Å². The number of hydrogen-bond donors (Lipinski definition) is 1. The lowest BCUT2D eigenvalue weighted by Crippen LogP contribution is -2.40. The maximum atomic E-state index is 5.70. The molecule has 0 aliphatic heterocycles. The third kappa shape index (κ3) is 7.78. The highest BCUT2D eigenvalue weighted by atomic mass is 127.